The van der Waals surface area contributed by atoms with Crippen molar-refractivity contribution < 1.29 is 19.0 Å². The molecule has 0 aliphatic rings. The third-order valence-corrected chi connectivity index (χ3v) is 6.19. The lowest BCUT2D eigenvalue weighted by Crippen LogP contribution is -2.28. The smallest absolute Gasteiger partial charge is 0.335 e. The van der Waals surface area contributed by atoms with Gasteiger partial charge in [0, 0.05) is 13.0 Å². The van der Waals surface area contributed by atoms with Gasteiger partial charge in [0.1, 0.15) is 12.4 Å². The summed E-state index contributed by atoms with van der Waals surface area (Å²) in [5, 5.41) is 0. The van der Waals surface area contributed by atoms with Crippen molar-refractivity contribution in [2.45, 2.75) is 26.4 Å². The monoisotopic (exact) mass is 506 g/mol. The lowest BCUT2D eigenvalue weighted by molar-refractivity contribution is -0.156. The number of benzene rings is 4. The van der Waals surface area contributed by atoms with E-state index in [0.717, 1.165) is 28.0 Å². The van der Waals surface area contributed by atoms with E-state index in [0.29, 0.717) is 26.2 Å². The molecule has 0 amide bonds. The third-order valence-electron chi connectivity index (χ3n) is 6.19. The summed E-state index contributed by atoms with van der Waals surface area (Å²) >= 11 is 0. The topological polar surface area (TPSA) is 44.8 Å². The van der Waals surface area contributed by atoms with Gasteiger partial charge in [0.05, 0.1) is 6.61 Å². The molecule has 0 radical (unpaired) electrons. The fourth-order valence-electron chi connectivity index (χ4n) is 4.30. The molecule has 194 valence electrons. The minimum atomic E-state index is -0.601. The van der Waals surface area contributed by atoms with E-state index < -0.39 is 6.10 Å². The predicted molar refractivity (Wildman–Crippen MR) is 153 cm³/mol. The van der Waals surface area contributed by atoms with E-state index in [1.54, 1.807) is 6.92 Å². The summed E-state index contributed by atoms with van der Waals surface area (Å²) in [5.74, 6) is 0.436. The van der Waals surface area contributed by atoms with E-state index >= 15 is 0 Å². The number of esters is 1. The van der Waals surface area contributed by atoms with Gasteiger partial charge in [-0.05, 0) is 65.4 Å². The van der Waals surface area contributed by atoms with E-state index in [2.05, 4.69) is 66.7 Å². The van der Waals surface area contributed by atoms with Gasteiger partial charge in [-0.1, -0.05) is 97.1 Å². The molecule has 0 spiro atoms. The Morgan fingerprint density at radius 1 is 0.711 bits per heavy atom. The highest BCUT2D eigenvalue weighted by Crippen LogP contribution is 2.27. The maximum absolute atomic E-state index is 12.2. The van der Waals surface area contributed by atoms with Crippen molar-refractivity contribution in [2.24, 2.45) is 0 Å². The van der Waals surface area contributed by atoms with Gasteiger partial charge in [0.2, 0.25) is 0 Å². The number of hydrogen-bond acceptors (Lipinski definition) is 4. The number of hydrogen-bond donors (Lipinski definition) is 0. The van der Waals surface area contributed by atoms with Gasteiger partial charge >= 0.3 is 5.97 Å². The molecule has 0 saturated carbocycles. The van der Waals surface area contributed by atoms with E-state index in [-0.39, 0.29) is 5.97 Å². The van der Waals surface area contributed by atoms with Crippen LogP contribution >= 0.6 is 0 Å². The quantitative estimate of drug-likeness (QED) is 0.188. The van der Waals surface area contributed by atoms with Gasteiger partial charge < -0.3 is 14.2 Å². The van der Waals surface area contributed by atoms with Crippen molar-refractivity contribution in [2.75, 3.05) is 19.8 Å². The molecular formula is C34H34O4. The second-order valence-corrected chi connectivity index (χ2v) is 8.78. The van der Waals surface area contributed by atoms with Crippen molar-refractivity contribution in [1.29, 1.82) is 0 Å². The molecule has 38 heavy (non-hydrogen) atoms. The van der Waals surface area contributed by atoms with Crippen LogP contribution in [0.15, 0.2) is 115 Å². The zero-order valence-corrected chi connectivity index (χ0v) is 22.0. The first-order chi connectivity index (χ1) is 18.7. The molecule has 0 fully saturated rings. The summed E-state index contributed by atoms with van der Waals surface area (Å²) in [5.41, 5.74) is 6.77. The van der Waals surface area contributed by atoms with Crippen LogP contribution in [0.1, 0.15) is 30.5 Å². The SMILES string of the molecule is CCOC(=O)[C@@H](Cc1ccc(OC/C=C(/c2ccccc2)c2ccc(-c3ccccc3)cc2)cc1)OCC. The molecule has 4 heteroatoms. The van der Waals surface area contributed by atoms with Crippen molar-refractivity contribution >= 4 is 11.5 Å². The van der Waals surface area contributed by atoms with Crippen molar-refractivity contribution in [3.8, 4) is 16.9 Å². The lowest BCUT2D eigenvalue weighted by atomic mass is 9.95. The Balaban J connectivity index is 1.45. The molecule has 4 rings (SSSR count). The zero-order chi connectivity index (χ0) is 26.6. The molecule has 4 aromatic carbocycles. The fourth-order valence-corrected chi connectivity index (χ4v) is 4.30. The molecule has 0 aromatic heterocycles. The second kappa shape index (κ2) is 14.0. The van der Waals surface area contributed by atoms with Crippen molar-refractivity contribution in [3.63, 3.8) is 0 Å². The molecule has 0 aliphatic heterocycles. The predicted octanol–water partition coefficient (Wildman–Crippen LogP) is 7.38. The van der Waals surface area contributed by atoms with Crippen LogP contribution in [-0.2, 0) is 20.7 Å². The second-order valence-electron chi connectivity index (χ2n) is 8.78. The Morgan fingerprint density at radius 2 is 1.32 bits per heavy atom. The Hall–Kier alpha value is -4.15. The van der Waals surface area contributed by atoms with Gasteiger partial charge in [0.25, 0.3) is 0 Å². The van der Waals surface area contributed by atoms with Crippen LogP contribution in [0.3, 0.4) is 0 Å². The Labute approximate surface area is 225 Å². The number of rotatable bonds is 12. The summed E-state index contributed by atoms with van der Waals surface area (Å²) in [6.45, 7) is 4.89. The van der Waals surface area contributed by atoms with Gasteiger partial charge in [-0.15, -0.1) is 0 Å². The molecule has 0 aliphatic carbocycles. The van der Waals surface area contributed by atoms with Crippen LogP contribution < -0.4 is 4.74 Å². The molecule has 0 unspecified atom stereocenters. The van der Waals surface area contributed by atoms with Crippen molar-refractivity contribution in [1.82, 2.24) is 0 Å². The average molecular weight is 507 g/mol. The van der Waals surface area contributed by atoms with E-state index in [1.807, 2.05) is 55.5 Å². The maximum atomic E-state index is 12.2. The van der Waals surface area contributed by atoms with Gasteiger partial charge in [-0.3, -0.25) is 0 Å². The third kappa shape index (κ3) is 7.44. The molecule has 0 saturated heterocycles. The Bertz CT molecular complexity index is 1290. The Morgan fingerprint density at radius 3 is 1.95 bits per heavy atom. The van der Waals surface area contributed by atoms with Crippen LogP contribution in [0.4, 0.5) is 0 Å². The van der Waals surface area contributed by atoms with E-state index in [9.17, 15) is 4.79 Å². The van der Waals surface area contributed by atoms with E-state index in [4.69, 9.17) is 14.2 Å². The van der Waals surface area contributed by atoms with Crippen LogP contribution in [0.2, 0.25) is 0 Å². The molecule has 0 N–H and O–H groups in total. The highest BCUT2D eigenvalue weighted by Gasteiger charge is 2.20. The van der Waals surface area contributed by atoms with Crippen LogP contribution in [0.5, 0.6) is 5.75 Å². The standard InChI is InChI=1S/C34H34O4/c1-3-36-33(34(35)37-4-2)25-26-15-21-31(22-16-26)38-24-23-32(29-13-9-6-10-14-29)30-19-17-28(18-20-30)27-11-7-5-8-12-27/h5-23,33H,3-4,24-25H2,1-2H3/b32-23-/t33-/m1/s1. The van der Waals surface area contributed by atoms with Gasteiger partial charge in [0.15, 0.2) is 6.10 Å². The summed E-state index contributed by atoms with van der Waals surface area (Å²) in [6.07, 6.45) is 1.98. The first-order valence-electron chi connectivity index (χ1n) is 13.1. The molecule has 0 heterocycles. The minimum Gasteiger partial charge on any atom is -0.490 e. The first-order valence-corrected chi connectivity index (χ1v) is 13.1. The maximum Gasteiger partial charge on any atom is 0.335 e. The summed E-state index contributed by atoms with van der Waals surface area (Å²) in [7, 11) is 0. The molecule has 4 nitrogen and oxygen atoms in total. The summed E-state index contributed by atoms with van der Waals surface area (Å²) < 4.78 is 16.8. The van der Waals surface area contributed by atoms with E-state index in [1.165, 1.54) is 11.1 Å². The molecule has 0 bridgehead atoms. The highest BCUT2D eigenvalue weighted by molar-refractivity contribution is 5.81. The largest absolute Gasteiger partial charge is 0.490 e. The minimum absolute atomic E-state index is 0.329. The lowest BCUT2D eigenvalue weighted by Gasteiger charge is -2.16. The molecule has 4 aromatic rings. The van der Waals surface area contributed by atoms with Crippen molar-refractivity contribution in [3.05, 3.63) is 132 Å². The first kappa shape index (κ1) is 26.9. The van der Waals surface area contributed by atoms with Crippen LogP contribution in [0, 0.1) is 0 Å². The average Bonchev–Trinajstić information content (AvgIpc) is 2.97. The summed E-state index contributed by atoms with van der Waals surface area (Å²) in [6, 6.07) is 37.2. The fraction of sp³-hybridized carbons (Fsp3) is 0.206. The van der Waals surface area contributed by atoms with Crippen LogP contribution in [-0.4, -0.2) is 31.9 Å². The number of carbonyl (C=O) groups is 1. The molecular weight excluding hydrogens is 472 g/mol. The zero-order valence-electron chi connectivity index (χ0n) is 22.0. The van der Waals surface area contributed by atoms with Crippen LogP contribution in [0.25, 0.3) is 16.7 Å². The van der Waals surface area contributed by atoms with Gasteiger partial charge in [-0.2, -0.15) is 0 Å². The summed E-state index contributed by atoms with van der Waals surface area (Å²) in [4.78, 5) is 12.2. The highest BCUT2D eigenvalue weighted by atomic mass is 16.6. The van der Waals surface area contributed by atoms with Gasteiger partial charge in [-0.25, -0.2) is 4.79 Å². The molecule has 1 atom stereocenters. The normalized spacial score (nSPS) is 12.1. The number of carbonyl (C=O) groups excluding carboxylic acids is 1. The number of ether oxygens (including phenoxy) is 3. The Kier molecular flexibility index (Phi) is 9.89.